The molecule has 1 aromatic heterocycles. The Morgan fingerprint density at radius 3 is 2.50 bits per heavy atom. The number of rotatable bonds is 5. The molecule has 0 unspecified atom stereocenters. The third-order valence-corrected chi connectivity index (χ3v) is 4.61. The van der Waals surface area contributed by atoms with Crippen LogP contribution in [0.4, 0.5) is 11.5 Å². The van der Waals surface area contributed by atoms with Crippen molar-refractivity contribution in [2.75, 3.05) is 29.9 Å². The summed E-state index contributed by atoms with van der Waals surface area (Å²) in [6.07, 6.45) is 3.09. The molecule has 1 aliphatic heterocycles. The largest absolute Gasteiger partial charge is 0.357 e. The van der Waals surface area contributed by atoms with Crippen LogP contribution in [0.3, 0.4) is 0 Å². The fraction of sp³-hybridized carbons (Fsp3) is 0.316. The molecule has 1 saturated heterocycles. The molecule has 136 valence electrons. The van der Waals surface area contributed by atoms with Gasteiger partial charge in [-0.1, -0.05) is 29.8 Å². The van der Waals surface area contributed by atoms with Crippen LogP contribution in [-0.2, 0) is 9.59 Å². The zero-order chi connectivity index (χ0) is 18.4. The second kappa shape index (κ2) is 8.67. The van der Waals surface area contributed by atoms with E-state index in [9.17, 15) is 9.59 Å². The lowest BCUT2D eigenvalue weighted by atomic mass is 9.96. The molecule has 3 rings (SSSR count). The number of amides is 2. The third kappa shape index (κ3) is 4.95. The topological polar surface area (TPSA) is 74.3 Å². The predicted octanol–water partition coefficient (Wildman–Crippen LogP) is 2.71. The number of carbonyl (C=O) groups is 2. The summed E-state index contributed by atoms with van der Waals surface area (Å²) in [6, 6.07) is 12.9. The molecule has 2 aromatic rings. The van der Waals surface area contributed by atoms with E-state index in [1.807, 2.05) is 30.3 Å². The summed E-state index contributed by atoms with van der Waals surface area (Å²) in [5.41, 5.74) is 0.718. The fourth-order valence-electron chi connectivity index (χ4n) is 2.96. The molecule has 1 aromatic carbocycles. The highest BCUT2D eigenvalue weighted by molar-refractivity contribution is 6.30. The molecule has 0 saturated carbocycles. The molecule has 0 bridgehead atoms. The van der Waals surface area contributed by atoms with Crippen LogP contribution in [0.1, 0.15) is 12.8 Å². The zero-order valence-electron chi connectivity index (χ0n) is 14.3. The molecule has 0 radical (unpaired) electrons. The van der Waals surface area contributed by atoms with Gasteiger partial charge < -0.3 is 15.5 Å². The maximum Gasteiger partial charge on any atom is 0.243 e. The van der Waals surface area contributed by atoms with Crippen molar-refractivity contribution < 1.29 is 9.59 Å². The van der Waals surface area contributed by atoms with Gasteiger partial charge in [0.1, 0.15) is 5.82 Å². The second-order valence-corrected chi connectivity index (χ2v) is 6.66. The van der Waals surface area contributed by atoms with Crippen molar-refractivity contribution in [1.82, 2.24) is 10.3 Å². The normalized spacial score (nSPS) is 14.7. The smallest absolute Gasteiger partial charge is 0.243 e. The number of hydrogen-bond acceptors (Lipinski definition) is 4. The van der Waals surface area contributed by atoms with Crippen molar-refractivity contribution in [3.8, 4) is 0 Å². The Morgan fingerprint density at radius 2 is 1.85 bits per heavy atom. The van der Waals surface area contributed by atoms with Gasteiger partial charge in [0.25, 0.3) is 0 Å². The van der Waals surface area contributed by atoms with Crippen LogP contribution in [0.5, 0.6) is 0 Å². The molecule has 1 fully saturated rings. The van der Waals surface area contributed by atoms with Crippen LogP contribution in [0.15, 0.2) is 48.7 Å². The molecular formula is C19H21ClN4O2. The van der Waals surface area contributed by atoms with Gasteiger partial charge in [0, 0.05) is 30.9 Å². The Morgan fingerprint density at radius 1 is 1.12 bits per heavy atom. The molecule has 0 aliphatic carbocycles. The Hall–Kier alpha value is -2.60. The minimum absolute atomic E-state index is 0.0211. The number of nitrogens with one attached hydrogen (secondary N) is 2. The summed E-state index contributed by atoms with van der Waals surface area (Å²) < 4.78 is 0. The zero-order valence-corrected chi connectivity index (χ0v) is 15.1. The minimum atomic E-state index is -0.229. The summed E-state index contributed by atoms with van der Waals surface area (Å²) in [7, 11) is 0. The van der Waals surface area contributed by atoms with Gasteiger partial charge in [-0.15, -0.1) is 0 Å². The molecule has 6 nitrogen and oxygen atoms in total. The van der Waals surface area contributed by atoms with Crippen LogP contribution in [0.25, 0.3) is 0 Å². The summed E-state index contributed by atoms with van der Waals surface area (Å²) in [4.78, 5) is 30.7. The SMILES string of the molecule is O=C(CNC(=O)C1CCN(c2ccc(Cl)cn2)CC1)Nc1ccccc1. The number of nitrogens with zero attached hydrogens (tertiary/aromatic N) is 2. The van der Waals surface area contributed by atoms with Crippen molar-refractivity contribution in [3.05, 3.63) is 53.7 Å². The molecule has 2 amide bonds. The van der Waals surface area contributed by atoms with Crippen molar-refractivity contribution in [3.63, 3.8) is 0 Å². The van der Waals surface area contributed by atoms with E-state index in [1.54, 1.807) is 18.3 Å². The molecule has 0 spiro atoms. The molecule has 7 heteroatoms. The van der Waals surface area contributed by atoms with E-state index in [2.05, 4.69) is 20.5 Å². The minimum Gasteiger partial charge on any atom is -0.357 e. The van der Waals surface area contributed by atoms with Crippen LogP contribution in [0, 0.1) is 5.92 Å². The van der Waals surface area contributed by atoms with Crippen molar-refractivity contribution >= 4 is 34.9 Å². The third-order valence-electron chi connectivity index (χ3n) is 4.38. The lowest BCUT2D eigenvalue weighted by Gasteiger charge is -2.32. The number of pyridine rings is 1. The van der Waals surface area contributed by atoms with Gasteiger partial charge in [0.05, 0.1) is 11.6 Å². The van der Waals surface area contributed by atoms with Gasteiger partial charge in [-0.3, -0.25) is 9.59 Å². The number of halogens is 1. The van der Waals surface area contributed by atoms with Crippen molar-refractivity contribution in [2.24, 2.45) is 5.92 Å². The maximum absolute atomic E-state index is 12.3. The Kier molecular flexibility index (Phi) is 6.07. The lowest BCUT2D eigenvalue weighted by molar-refractivity contribution is -0.127. The highest BCUT2D eigenvalue weighted by atomic mass is 35.5. The monoisotopic (exact) mass is 372 g/mol. The van der Waals surface area contributed by atoms with Crippen molar-refractivity contribution in [2.45, 2.75) is 12.8 Å². The first-order chi connectivity index (χ1) is 12.6. The van der Waals surface area contributed by atoms with E-state index in [4.69, 9.17) is 11.6 Å². The quantitative estimate of drug-likeness (QED) is 0.846. The van der Waals surface area contributed by atoms with Gasteiger partial charge in [-0.25, -0.2) is 4.98 Å². The molecule has 0 atom stereocenters. The average molecular weight is 373 g/mol. The number of aromatic nitrogens is 1. The molecule has 26 heavy (non-hydrogen) atoms. The number of hydrogen-bond donors (Lipinski definition) is 2. The summed E-state index contributed by atoms with van der Waals surface area (Å²) in [5, 5.41) is 6.09. The van der Waals surface area contributed by atoms with E-state index in [1.165, 1.54) is 0 Å². The molecule has 2 N–H and O–H groups in total. The number of para-hydroxylation sites is 1. The lowest BCUT2D eigenvalue weighted by Crippen LogP contribution is -2.42. The highest BCUT2D eigenvalue weighted by Crippen LogP contribution is 2.22. The standard InChI is InChI=1S/C19H21ClN4O2/c20-15-6-7-17(21-12-15)24-10-8-14(9-11-24)19(26)22-13-18(25)23-16-4-2-1-3-5-16/h1-7,12,14H,8-11,13H2,(H,22,26)(H,23,25). The number of piperidine rings is 1. The van der Waals surface area contributed by atoms with E-state index in [-0.39, 0.29) is 24.3 Å². The Labute approximate surface area is 157 Å². The van der Waals surface area contributed by atoms with Gasteiger partial charge in [0.2, 0.25) is 11.8 Å². The summed E-state index contributed by atoms with van der Waals surface area (Å²) in [5.74, 6) is 0.489. The summed E-state index contributed by atoms with van der Waals surface area (Å²) in [6.45, 7) is 1.48. The fourth-order valence-corrected chi connectivity index (χ4v) is 3.08. The van der Waals surface area contributed by atoms with Gasteiger partial charge >= 0.3 is 0 Å². The Balaban J connectivity index is 1.42. The second-order valence-electron chi connectivity index (χ2n) is 6.23. The highest BCUT2D eigenvalue weighted by Gasteiger charge is 2.25. The van der Waals surface area contributed by atoms with Gasteiger partial charge in [0.15, 0.2) is 0 Å². The first-order valence-electron chi connectivity index (χ1n) is 8.61. The van der Waals surface area contributed by atoms with Gasteiger partial charge in [-0.05, 0) is 37.1 Å². The van der Waals surface area contributed by atoms with E-state index >= 15 is 0 Å². The molecule has 1 aliphatic rings. The van der Waals surface area contributed by atoms with Crippen LogP contribution in [-0.4, -0.2) is 36.4 Å². The van der Waals surface area contributed by atoms with E-state index in [0.717, 1.165) is 37.4 Å². The summed E-state index contributed by atoms with van der Waals surface area (Å²) >= 11 is 5.86. The molecule has 2 heterocycles. The number of carbonyl (C=O) groups excluding carboxylic acids is 2. The van der Waals surface area contributed by atoms with Gasteiger partial charge in [-0.2, -0.15) is 0 Å². The first-order valence-corrected chi connectivity index (χ1v) is 8.99. The average Bonchev–Trinajstić information content (AvgIpc) is 2.68. The van der Waals surface area contributed by atoms with Crippen LogP contribution >= 0.6 is 11.6 Å². The van der Waals surface area contributed by atoms with Crippen LogP contribution in [0.2, 0.25) is 5.02 Å². The first kappa shape index (κ1) is 18.2. The van der Waals surface area contributed by atoms with E-state index in [0.29, 0.717) is 5.02 Å². The number of benzene rings is 1. The molecular weight excluding hydrogens is 352 g/mol. The maximum atomic E-state index is 12.3. The predicted molar refractivity (Wildman–Crippen MR) is 102 cm³/mol. The number of anilines is 2. The Bertz CT molecular complexity index is 744. The van der Waals surface area contributed by atoms with Crippen molar-refractivity contribution in [1.29, 1.82) is 0 Å². The van der Waals surface area contributed by atoms with Crippen LogP contribution < -0.4 is 15.5 Å². The van der Waals surface area contributed by atoms with E-state index < -0.39 is 0 Å².